The standard InChI is InChI=1S/C13H23N5O/c1-7-13(4,5)18(6)12-10(11(14)17-19)8(2)9(3)15-16-12/h19H,7H2,1-6H3,(H2,14,17). The number of hydrogen-bond donors (Lipinski definition) is 2. The lowest BCUT2D eigenvalue weighted by molar-refractivity contribution is 0.318. The van der Waals surface area contributed by atoms with Crippen LogP contribution in [0.2, 0.25) is 0 Å². The maximum atomic E-state index is 8.97. The number of amidine groups is 1. The summed E-state index contributed by atoms with van der Waals surface area (Å²) in [6.45, 7) is 10.1. The third kappa shape index (κ3) is 2.77. The van der Waals surface area contributed by atoms with Crippen molar-refractivity contribution in [2.75, 3.05) is 11.9 Å². The second-order valence-electron chi connectivity index (χ2n) is 5.32. The minimum atomic E-state index is -0.0964. The number of aromatic nitrogens is 2. The summed E-state index contributed by atoms with van der Waals surface area (Å²) in [4.78, 5) is 2.01. The number of hydrogen-bond acceptors (Lipinski definition) is 5. The minimum Gasteiger partial charge on any atom is -0.409 e. The first kappa shape index (κ1) is 15.2. The van der Waals surface area contributed by atoms with Crippen molar-refractivity contribution in [3.05, 3.63) is 16.8 Å². The van der Waals surface area contributed by atoms with Gasteiger partial charge in [-0.25, -0.2) is 0 Å². The number of anilines is 1. The molecule has 0 atom stereocenters. The molecule has 106 valence electrons. The van der Waals surface area contributed by atoms with E-state index in [1.54, 1.807) is 0 Å². The Morgan fingerprint density at radius 3 is 2.42 bits per heavy atom. The Morgan fingerprint density at radius 1 is 1.37 bits per heavy atom. The summed E-state index contributed by atoms with van der Waals surface area (Å²) in [6, 6.07) is 0. The van der Waals surface area contributed by atoms with Crippen molar-refractivity contribution in [2.45, 2.75) is 46.6 Å². The highest BCUT2D eigenvalue weighted by atomic mass is 16.4. The van der Waals surface area contributed by atoms with Crippen LogP contribution < -0.4 is 10.6 Å². The molecule has 0 bridgehead atoms. The van der Waals surface area contributed by atoms with E-state index in [2.05, 4.69) is 36.1 Å². The van der Waals surface area contributed by atoms with Crippen molar-refractivity contribution in [2.24, 2.45) is 10.9 Å². The molecule has 0 spiro atoms. The zero-order valence-electron chi connectivity index (χ0n) is 12.5. The topological polar surface area (TPSA) is 87.6 Å². The van der Waals surface area contributed by atoms with E-state index < -0.39 is 0 Å². The van der Waals surface area contributed by atoms with Crippen LogP contribution in [0.3, 0.4) is 0 Å². The molecule has 0 aromatic carbocycles. The van der Waals surface area contributed by atoms with E-state index in [4.69, 9.17) is 10.9 Å². The largest absolute Gasteiger partial charge is 0.409 e. The average Bonchev–Trinajstić information content (AvgIpc) is 2.39. The third-order valence-electron chi connectivity index (χ3n) is 3.89. The first-order chi connectivity index (χ1) is 8.76. The van der Waals surface area contributed by atoms with Gasteiger partial charge in [-0.1, -0.05) is 12.1 Å². The van der Waals surface area contributed by atoms with Gasteiger partial charge in [-0.3, -0.25) is 0 Å². The Hall–Kier alpha value is -1.85. The first-order valence-electron chi connectivity index (χ1n) is 6.31. The highest BCUT2D eigenvalue weighted by Crippen LogP contribution is 2.28. The van der Waals surface area contributed by atoms with Gasteiger partial charge in [0.2, 0.25) is 0 Å². The number of nitrogens with two attached hydrogens (primary N) is 1. The Labute approximate surface area is 114 Å². The zero-order chi connectivity index (χ0) is 14.8. The van der Waals surface area contributed by atoms with Crippen LogP contribution in [0, 0.1) is 13.8 Å². The van der Waals surface area contributed by atoms with E-state index in [0.717, 1.165) is 17.7 Å². The van der Waals surface area contributed by atoms with Gasteiger partial charge in [-0.15, -0.1) is 5.10 Å². The predicted molar refractivity (Wildman–Crippen MR) is 76.8 cm³/mol. The lowest BCUT2D eigenvalue weighted by Gasteiger charge is -2.36. The fourth-order valence-corrected chi connectivity index (χ4v) is 1.71. The van der Waals surface area contributed by atoms with Crippen LogP contribution in [-0.2, 0) is 0 Å². The molecule has 1 heterocycles. The van der Waals surface area contributed by atoms with Gasteiger partial charge in [-0.2, -0.15) is 5.10 Å². The normalized spacial score (nSPS) is 12.6. The summed E-state index contributed by atoms with van der Waals surface area (Å²) in [6.07, 6.45) is 0.938. The van der Waals surface area contributed by atoms with E-state index in [0.29, 0.717) is 11.4 Å². The van der Waals surface area contributed by atoms with Gasteiger partial charge < -0.3 is 15.8 Å². The summed E-state index contributed by atoms with van der Waals surface area (Å²) in [7, 11) is 1.94. The maximum Gasteiger partial charge on any atom is 0.174 e. The highest BCUT2D eigenvalue weighted by Gasteiger charge is 2.27. The molecule has 0 saturated carbocycles. The minimum absolute atomic E-state index is 0.0595. The molecule has 1 rings (SSSR count). The van der Waals surface area contributed by atoms with Crippen LogP contribution in [0.25, 0.3) is 0 Å². The van der Waals surface area contributed by atoms with Gasteiger partial charge in [0.25, 0.3) is 0 Å². The molecule has 3 N–H and O–H groups in total. The van der Waals surface area contributed by atoms with Crippen molar-refractivity contribution in [3.8, 4) is 0 Å². The van der Waals surface area contributed by atoms with Crippen LogP contribution >= 0.6 is 0 Å². The van der Waals surface area contributed by atoms with Crippen LogP contribution in [-0.4, -0.2) is 33.8 Å². The molecule has 1 aromatic heterocycles. The van der Waals surface area contributed by atoms with E-state index in [1.807, 2.05) is 25.8 Å². The van der Waals surface area contributed by atoms with Gasteiger partial charge in [0.1, 0.15) is 0 Å². The first-order valence-corrected chi connectivity index (χ1v) is 6.31. The summed E-state index contributed by atoms with van der Waals surface area (Å²) < 4.78 is 0. The molecule has 0 radical (unpaired) electrons. The van der Waals surface area contributed by atoms with E-state index >= 15 is 0 Å². The number of oxime groups is 1. The molecule has 0 aliphatic heterocycles. The van der Waals surface area contributed by atoms with Crippen molar-refractivity contribution in [1.82, 2.24) is 10.2 Å². The molecule has 0 saturated heterocycles. The van der Waals surface area contributed by atoms with Crippen LogP contribution in [0.4, 0.5) is 5.82 Å². The van der Waals surface area contributed by atoms with Crippen molar-refractivity contribution in [3.63, 3.8) is 0 Å². The molecule has 1 aromatic rings. The molecule has 6 nitrogen and oxygen atoms in total. The summed E-state index contributed by atoms with van der Waals surface area (Å²) >= 11 is 0. The smallest absolute Gasteiger partial charge is 0.174 e. The molecule has 0 amide bonds. The molecule has 0 unspecified atom stereocenters. The zero-order valence-corrected chi connectivity index (χ0v) is 12.5. The fraction of sp³-hybridized carbons (Fsp3) is 0.615. The Bertz CT molecular complexity index is 496. The third-order valence-corrected chi connectivity index (χ3v) is 3.89. The molecule has 0 aliphatic carbocycles. The monoisotopic (exact) mass is 265 g/mol. The number of nitrogens with zero attached hydrogens (tertiary/aromatic N) is 4. The van der Waals surface area contributed by atoms with Crippen molar-refractivity contribution < 1.29 is 5.21 Å². The summed E-state index contributed by atoms with van der Waals surface area (Å²) in [5.41, 5.74) is 7.98. The molecule has 0 fully saturated rings. The van der Waals surface area contributed by atoms with Gasteiger partial charge in [0, 0.05) is 12.6 Å². The summed E-state index contributed by atoms with van der Waals surface area (Å²) in [5, 5.41) is 20.4. The van der Waals surface area contributed by atoms with Crippen molar-refractivity contribution in [1.29, 1.82) is 0 Å². The van der Waals surface area contributed by atoms with E-state index in [-0.39, 0.29) is 11.4 Å². The van der Waals surface area contributed by atoms with Crippen LogP contribution in [0.15, 0.2) is 5.16 Å². The highest BCUT2D eigenvalue weighted by molar-refractivity contribution is 6.02. The van der Waals surface area contributed by atoms with Crippen molar-refractivity contribution >= 4 is 11.7 Å². The molecule has 19 heavy (non-hydrogen) atoms. The van der Waals surface area contributed by atoms with Gasteiger partial charge in [0.05, 0.1) is 11.3 Å². The quantitative estimate of drug-likeness (QED) is 0.375. The summed E-state index contributed by atoms with van der Waals surface area (Å²) in [5.74, 6) is 0.689. The lowest BCUT2D eigenvalue weighted by Crippen LogP contribution is -2.42. The molecule has 0 aliphatic rings. The fourth-order valence-electron chi connectivity index (χ4n) is 1.71. The SMILES string of the molecule is CCC(C)(C)N(C)c1nnc(C)c(C)c1C(N)=NO. The number of aryl methyl sites for hydroxylation is 1. The lowest BCUT2D eigenvalue weighted by atomic mass is 9.98. The second kappa shape index (κ2) is 5.42. The van der Waals surface area contributed by atoms with Crippen LogP contribution in [0.5, 0.6) is 0 Å². The van der Waals surface area contributed by atoms with E-state index in [9.17, 15) is 0 Å². The molecule has 6 heteroatoms. The van der Waals surface area contributed by atoms with E-state index in [1.165, 1.54) is 0 Å². The molecular weight excluding hydrogens is 242 g/mol. The Morgan fingerprint density at radius 2 is 1.95 bits per heavy atom. The number of rotatable bonds is 4. The predicted octanol–water partition coefficient (Wildman–Crippen LogP) is 1.81. The van der Waals surface area contributed by atoms with Gasteiger partial charge >= 0.3 is 0 Å². The van der Waals surface area contributed by atoms with Gasteiger partial charge in [-0.05, 0) is 39.7 Å². The van der Waals surface area contributed by atoms with Gasteiger partial charge in [0.15, 0.2) is 11.7 Å². The maximum absolute atomic E-state index is 8.97. The van der Waals surface area contributed by atoms with Crippen LogP contribution in [0.1, 0.15) is 44.0 Å². The average molecular weight is 265 g/mol. The second-order valence-corrected chi connectivity index (χ2v) is 5.32. The Kier molecular flexibility index (Phi) is 4.34. The molecular formula is C13H23N5O. The Balaban J connectivity index is 3.49.